The fourth-order valence-corrected chi connectivity index (χ4v) is 2.36. The average molecular weight is 335 g/mol. The normalized spacial score (nSPS) is 10.6. The van der Waals surface area contributed by atoms with E-state index in [0.717, 1.165) is 11.3 Å². The first-order valence-electron chi connectivity index (χ1n) is 7.56. The molecule has 0 saturated heterocycles. The summed E-state index contributed by atoms with van der Waals surface area (Å²) in [7, 11) is 0. The fraction of sp³-hybridized carbons (Fsp3) is 0.278. The van der Waals surface area contributed by atoms with Gasteiger partial charge in [-0.15, -0.1) is 0 Å². The number of halogens is 2. The van der Waals surface area contributed by atoms with Crippen LogP contribution in [0.1, 0.15) is 17.5 Å². The van der Waals surface area contributed by atoms with Crippen LogP contribution in [0.3, 0.4) is 0 Å². The summed E-state index contributed by atoms with van der Waals surface area (Å²) in [5.41, 5.74) is 2.38. The van der Waals surface area contributed by atoms with Gasteiger partial charge in [0.15, 0.2) is 0 Å². The van der Waals surface area contributed by atoms with Crippen molar-refractivity contribution in [3.8, 4) is 0 Å². The van der Waals surface area contributed by atoms with E-state index in [-0.39, 0.29) is 11.7 Å². The van der Waals surface area contributed by atoms with E-state index in [1.54, 1.807) is 24.3 Å². The van der Waals surface area contributed by atoms with Crippen LogP contribution in [0.4, 0.5) is 10.1 Å². The molecule has 0 unspecified atom stereocenters. The van der Waals surface area contributed by atoms with Gasteiger partial charge in [-0.25, -0.2) is 4.39 Å². The van der Waals surface area contributed by atoms with Gasteiger partial charge in [0.25, 0.3) is 0 Å². The highest BCUT2D eigenvalue weighted by Crippen LogP contribution is 2.20. The van der Waals surface area contributed by atoms with Crippen molar-refractivity contribution in [3.05, 3.63) is 64.4 Å². The first-order chi connectivity index (χ1) is 11.1. The van der Waals surface area contributed by atoms with Gasteiger partial charge in [-0.05, 0) is 49.2 Å². The first kappa shape index (κ1) is 17.4. The van der Waals surface area contributed by atoms with Crippen LogP contribution in [-0.2, 0) is 11.2 Å². The molecule has 0 spiro atoms. The molecule has 2 aromatic rings. The minimum atomic E-state index is -0.191. The van der Waals surface area contributed by atoms with E-state index in [1.165, 1.54) is 6.07 Å². The lowest BCUT2D eigenvalue weighted by molar-refractivity contribution is -0.116. The number of aryl methyl sites for hydroxylation is 1. The molecule has 2 rings (SSSR count). The molecule has 0 aliphatic rings. The fourth-order valence-electron chi connectivity index (χ4n) is 2.19. The zero-order chi connectivity index (χ0) is 16.7. The summed E-state index contributed by atoms with van der Waals surface area (Å²) in [4.78, 5) is 11.9. The second-order valence-electron chi connectivity index (χ2n) is 5.35. The molecule has 0 fully saturated rings. The summed E-state index contributed by atoms with van der Waals surface area (Å²) in [5, 5.41) is 6.59. The Labute approximate surface area is 140 Å². The predicted molar refractivity (Wildman–Crippen MR) is 92.4 cm³/mol. The molecule has 0 aliphatic carbocycles. The Morgan fingerprint density at radius 2 is 1.96 bits per heavy atom. The van der Waals surface area contributed by atoms with E-state index in [9.17, 15) is 9.18 Å². The summed E-state index contributed by atoms with van der Waals surface area (Å²) in [5.74, 6) is -0.266. The Kier molecular flexibility index (Phi) is 6.56. The highest BCUT2D eigenvalue weighted by molar-refractivity contribution is 6.31. The summed E-state index contributed by atoms with van der Waals surface area (Å²) < 4.78 is 13.4. The van der Waals surface area contributed by atoms with E-state index in [1.807, 2.05) is 19.1 Å². The van der Waals surface area contributed by atoms with E-state index in [0.29, 0.717) is 36.5 Å². The minimum absolute atomic E-state index is 0.0752. The average Bonchev–Trinajstić information content (AvgIpc) is 2.52. The molecule has 0 saturated carbocycles. The van der Waals surface area contributed by atoms with Gasteiger partial charge in [0.2, 0.25) is 5.91 Å². The number of carbonyl (C=O) groups is 1. The van der Waals surface area contributed by atoms with E-state index >= 15 is 0 Å². The van der Waals surface area contributed by atoms with Crippen LogP contribution < -0.4 is 10.6 Å². The van der Waals surface area contributed by atoms with Crippen LogP contribution in [-0.4, -0.2) is 19.0 Å². The molecule has 3 nitrogen and oxygen atoms in total. The Morgan fingerprint density at radius 3 is 2.74 bits per heavy atom. The van der Waals surface area contributed by atoms with Crippen molar-refractivity contribution in [1.29, 1.82) is 0 Å². The molecule has 0 bridgehead atoms. The molecule has 0 aliphatic heterocycles. The number of carbonyl (C=O) groups excluding carboxylic acids is 1. The van der Waals surface area contributed by atoms with Gasteiger partial charge >= 0.3 is 0 Å². The topological polar surface area (TPSA) is 41.1 Å². The molecular formula is C18H20ClFN2O. The quantitative estimate of drug-likeness (QED) is 0.753. The van der Waals surface area contributed by atoms with Crippen molar-refractivity contribution in [2.24, 2.45) is 0 Å². The standard InChI is InChI=1S/C18H20ClFN2O/c1-13-6-7-15(19)12-17(13)22-18(23)9-11-21-10-8-14-4-2-3-5-16(14)20/h2-7,12,21H,8-11H2,1H3,(H,22,23). The molecule has 1 amide bonds. The molecule has 2 N–H and O–H groups in total. The predicted octanol–water partition coefficient (Wildman–Crippen LogP) is 3.95. The smallest absolute Gasteiger partial charge is 0.225 e. The van der Waals surface area contributed by atoms with Crippen molar-refractivity contribution in [2.75, 3.05) is 18.4 Å². The Balaban J connectivity index is 1.69. The van der Waals surface area contributed by atoms with Crippen molar-refractivity contribution in [2.45, 2.75) is 19.8 Å². The van der Waals surface area contributed by atoms with Gasteiger partial charge in [0.1, 0.15) is 5.82 Å². The molecule has 0 atom stereocenters. The van der Waals surface area contributed by atoms with E-state index in [4.69, 9.17) is 11.6 Å². The zero-order valence-corrected chi connectivity index (χ0v) is 13.8. The maximum Gasteiger partial charge on any atom is 0.225 e. The Hall–Kier alpha value is -1.91. The lowest BCUT2D eigenvalue weighted by Crippen LogP contribution is -2.24. The molecular weight excluding hydrogens is 315 g/mol. The SMILES string of the molecule is Cc1ccc(Cl)cc1NC(=O)CCNCCc1ccccc1F. The molecule has 2 aromatic carbocycles. The number of amides is 1. The lowest BCUT2D eigenvalue weighted by Gasteiger charge is -2.09. The molecule has 0 heterocycles. The van der Waals surface area contributed by atoms with Crippen molar-refractivity contribution in [1.82, 2.24) is 5.32 Å². The summed E-state index contributed by atoms with van der Waals surface area (Å²) in [6, 6.07) is 12.1. The summed E-state index contributed by atoms with van der Waals surface area (Å²) >= 11 is 5.92. The summed E-state index contributed by atoms with van der Waals surface area (Å²) in [6.45, 7) is 3.09. The van der Waals surface area contributed by atoms with Crippen molar-refractivity contribution in [3.63, 3.8) is 0 Å². The maximum absolute atomic E-state index is 13.4. The zero-order valence-electron chi connectivity index (χ0n) is 13.0. The third-order valence-electron chi connectivity index (χ3n) is 3.53. The van der Waals surface area contributed by atoms with Crippen LogP contribution in [0.15, 0.2) is 42.5 Å². The number of nitrogens with one attached hydrogen (secondary N) is 2. The second kappa shape index (κ2) is 8.65. The van der Waals surface area contributed by atoms with Crippen LogP contribution in [0.5, 0.6) is 0 Å². The third-order valence-corrected chi connectivity index (χ3v) is 3.77. The molecule has 23 heavy (non-hydrogen) atoms. The van der Waals surface area contributed by atoms with Crippen LogP contribution in [0, 0.1) is 12.7 Å². The number of rotatable bonds is 7. The summed E-state index contributed by atoms with van der Waals surface area (Å²) in [6.07, 6.45) is 0.949. The van der Waals surface area contributed by atoms with Gasteiger partial charge in [-0.2, -0.15) is 0 Å². The van der Waals surface area contributed by atoms with Crippen LogP contribution in [0.2, 0.25) is 5.02 Å². The Bertz CT molecular complexity index is 676. The molecule has 122 valence electrons. The highest BCUT2D eigenvalue weighted by atomic mass is 35.5. The molecule has 0 radical (unpaired) electrons. The monoisotopic (exact) mass is 334 g/mol. The number of hydrogen-bond acceptors (Lipinski definition) is 2. The lowest BCUT2D eigenvalue weighted by atomic mass is 10.1. The van der Waals surface area contributed by atoms with Gasteiger partial charge in [0, 0.05) is 23.7 Å². The van der Waals surface area contributed by atoms with Gasteiger partial charge in [0.05, 0.1) is 0 Å². The second-order valence-corrected chi connectivity index (χ2v) is 5.79. The van der Waals surface area contributed by atoms with Crippen molar-refractivity contribution < 1.29 is 9.18 Å². The third kappa shape index (κ3) is 5.66. The van der Waals surface area contributed by atoms with Gasteiger partial charge < -0.3 is 10.6 Å². The maximum atomic E-state index is 13.4. The molecule has 0 aromatic heterocycles. The number of hydrogen-bond donors (Lipinski definition) is 2. The Morgan fingerprint density at radius 1 is 1.17 bits per heavy atom. The van der Waals surface area contributed by atoms with E-state index in [2.05, 4.69) is 10.6 Å². The minimum Gasteiger partial charge on any atom is -0.326 e. The molecule has 5 heteroatoms. The van der Waals surface area contributed by atoms with Gasteiger partial charge in [-0.3, -0.25) is 4.79 Å². The van der Waals surface area contributed by atoms with Gasteiger partial charge in [-0.1, -0.05) is 35.9 Å². The number of anilines is 1. The highest BCUT2D eigenvalue weighted by Gasteiger charge is 2.05. The number of benzene rings is 2. The first-order valence-corrected chi connectivity index (χ1v) is 7.94. The van der Waals surface area contributed by atoms with Crippen molar-refractivity contribution >= 4 is 23.2 Å². The van der Waals surface area contributed by atoms with Crippen LogP contribution >= 0.6 is 11.6 Å². The van der Waals surface area contributed by atoms with Crippen LogP contribution in [0.25, 0.3) is 0 Å². The van der Waals surface area contributed by atoms with E-state index < -0.39 is 0 Å². The largest absolute Gasteiger partial charge is 0.326 e.